The lowest BCUT2D eigenvalue weighted by molar-refractivity contribution is -0.136. The highest BCUT2D eigenvalue weighted by atomic mass is 16.5. The van der Waals surface area contributed by atoms with Crippen LogP contribution in [0, 0.1) is 11.8 Å². The van der Waals surface area contributed by atoms with E-state index in [0.29, 0.717) is 36.2 Å². The second kappa shape index (κ2) is 7.11. The third-order valence-electron chi connectivity index (χ3n) is 6.61. The summed E-state index contributed by atoms with van der Waals surface area (Å²) in [5.74, 6) is 0.867. The van der Waals surface area contributed by atoms with Crippen LogP contribution in [0.2, 0.25) is 0 Å². The van der Waals surface area contributed by atoms with E-state index in [1.54, 1.807) is 12.1 Å². The average molecular weight is 385 g/mol. The van der Waals surface area contributed by atoms with Crippen molar-refractivity contribution in [2.75, 3.05) is 13.2 Å². The van der Waals surface area contributed by atoms with Crippen LogP contribution in [0.5, 0.6) is 5.75 Å². The summed E-state index contributed by atoms with van der Waals surface area (Å²) in [4.78, 5) is 39.4. The van der Waals surface area contributed by atoms with E-state index in [1.807, 2.05) is 12.1 Å². The molecule has 7 heteroatoms. The van der Waals surface area contributed by atoms with Crippen LogP contribution < -0.4 is 15.4 Å². The van der Waals surface area contributed by atoms with Gasteiger partial charge >= 0.3 is 6.03 Å². The van der Waals surface area contributed by atoms with Gasteiger partial charge in [-0.2, -0.15) is 0 Å². The average Bonchev–Trinajstić information content (AvgIpc) is 2.91. The molecular weight excluding hydrogens is 358 g/mol. The smallest absolute Gasteiger partial charge is 0.325 e. The summed E-state index contributed by atoms with van der Waals surface area (Å²) >= 11 is 0. The Morgan fingerprint density at radius 3 is 2.89 bits per heavy atom. The van der Waals surface area contributed by atoms with Gasteiger partial charge < -0.3 is 15.4 Å². The van der Waals surface area contributed by atoms with Gasteiger partial charge in [0, 0.05) is 18.0 Å². The summed E-state index contributed by atoms with van der Waals surface area (Å²) in [6.07, 6.45) is 3.54. The number of carbonyl (C=O) groups excluding carboxylic acids is 3. The highest BCUT2D eigenvalue weighted by Crippen LogP contribution is 2.40. The molecule has 2 aliphatic heterocycles. The lowest BCUT2D eigenvalue weighted by Crippen LogP contribution is -2.50. The van der Waals surface area contributed by atoms with E-state index >= 15 is 0 Å². The van der Waals surface area contributed by atoms with Gasteiger partial charge in [-0.3, -0.25) is 14.5 Å². The summed E-state index contributed by atoms with van der Waals surface area (Å²) in [7, 11) is 0. The Kier molecular flexibility index (Phi) is 4.77. The first-order valence-electron chi connectivity index (χ1n) is 10.1. The van der Waals surface area contributed by atoms with Crippen LogP contribution in [0.25, 0.3) is 0 Å². The Hall–Kier alpha value is -2.57. The van der Waals surface area contributed by atoms with Crippen LogP contribution in [0.4, 0.5) is 4.79 Å². The molecule has 1 saturated heterocycles. The monoisotopic (exact) mass is 385 g/mol. The molecule has 2 fully saturated rings. The molecule has 0 aromatic heterocycles. The fourth-order valence-electron chi connectivity index (χ4n) is 4.70. The van der Waals surface area contributed by atoms with Gasteiger partial charge in [-0.15, -0.1) is 0 Å². The number of urea groups is 1. The van der Waals surface area contributed by atoms with E-state index in [9.17, 15) is 14.4 Å². The van der Waals surface area contributed by atoms with Crippen molar-refractivity contribution >= 4 is 17.8 Å². The van der Waals surface area contributed by atoms with Crippen molar-refractivity contribution in [2.24, 2.45) is 11.8 Å². The number of imide groups is 1. The quantitative estimate of drug-likeness (QED) is 0.781. The third-order valence-corrected chi connectivity index (χ3v) is 6.61. The largest absolute Gasteiger partial charge is 0.493 e. The Labute approximate surface area is 164 Å². The number of para-hydroxylation sites is 1. The standard InChI is InChI=1S/C21H27N3O4/c1-13-6-5-8-16(14(13)2)22-18(25)12-24-19(26)21(23-20(24)27)10-11-28-17-9-4-3-7-15(17)21/h3-4,7,9,13-14,16H,5-6,8,10-12H2,1-2H3,(H,22,25)(H,23,27)/t13-,14+,16+,21-/m1/s1. The number of rotatable bonds is 3. The van der Waals surface area contributed by atoms with Crippen molar-refractivity contribution in [3.8, 4) is 5.75 Å². The normalized spacial score (nSPS) is 31.9. The van der Waals surface area contributed by atoms with Gasteiger partial charge in [-0.25, -0.2) is 4.79 Å². The van der Waals surface area contributed by atoms with Crippen molar-refractivity contribution in [1.82, 2.24) is 15.5 Å². The summed E-state index contributed by atoms with van der Waals surface area (Å²) < 4.78 is 5.63. The summed E-state index contributed by atoms with van der Waals surface area (Å²) in [5.41, 5.74) is -0.490. The molecule has 3 aliphatic rings. The molecule has 1 aromatic rings. The van der Waals surface area contributed by atoms with Gasteiger partial charge in [0.1, 0.15) is 12.3 Å². The highest BCUT2D eigenvalue weighted by Gasteiger charge is 2.55. The molecule has 4 atom stereocenters. The molecular formula is C21H27N3O4. The van der Waals surface area contributed by atoms with Crippen molar-refractivity contribution < 1.29 is 19.1 Å². The van der Waals surface area contributed by atoms with Crippen molar-refractivity contribution in [3.63, 3.8) is 0 Å². The van der Waals surface area contributed by atoms with Gasteiger partial charge in [-0.05, 0) is 24.3 Å². The first kappa shape index (κ1) is 18.8. The zero-order valence-corrected chi connectivity index (χ0v) is 16.4. The van der Waals surface area contributed by atoms with Gasteiger partial charge in [0.15, 0.2) is 5.54 Å². The maximum Gasteiger partial charge on any atom is 0.325 e. The zero-order chi connectivity index (χ0) is 19.9. The second-order valence-electron chi connectivity index (χ2n) is 8.26. The van der Waals surface area contributed by atoms with Gasteiger partial charge in [0.2, 0.25) is 5.91 Å². The molecule has 1 aliphatic carbocycles. The van der Waals surface area contributed by atoms with E-state index in [1.165, 1.54) is 6.42 Å². The number of amides is 4. The topological polar surface area (TPSA) is 87.7 Å². The van der Waals surface area contributed by atoms with Crippen LogP contribution in [-0.2, 0) is 15.1 Å². The molecule has 2 N–H and O–H groups in total. The molecule has 1 aromatic carbocycles. The summed E-state index contributed by atoms with van der Waals surface area (Å²) in [6.45, 7) is 4.43. The van der Waals surface area contributed by atoms with Crippen molar-refractivity contribution in [2.45, 2.75) is 51.1 Å². The lowest BCUT2D eigenvalue weighted by Gasteiger charge is -2.35. The Bertz CT molecular complexity index is 811. The first-order chi connectivity index (χ1) is 13.4. The molecule has 0 bridgehead atoms. The fraction of sp³-hybridized carbons (Fsp3) is 0.571. The Morgan fingerprint density at radius 1 is 1.29 bits per heavy atom. The van der Waals surface area contributed by atoms with E-state index in [-0.39, 0.29) is 24.4 Å². The van der Waals surface area contributed by atoms with E-state index < -0.39 is 11.6 Å². The van der Waals surface area contributed by atoms with Crippen molar-refractivity contribution in [3.05, 3.63) is 29.8 Å². The lowest BCUT2D eigenvalue weighted by atomic mass is 9.78. The van der Waals surface area contributed by atoms with Crippen molar-refractivity contribution in [1.29, 1.82) is 0 Å². The first-order valence-corrected chi connectivity index (χ1v) is 10.1. The number of carbonyl (C=O) groups is 3. The number of nitrogens with one attached hydrogen (secondary N) is 2. The predicted octanol–water partition coefficient (Wildman–Crippen LogP) is 2.16. The minimum absolute atomic E-state index is 0.0924. The van der Waals surface area contributed by atoms with Gasteiger partial charge in [0.05, 0.1) is 6.61 Å². The van der Waals surface area contributed by atoms with E-state index in [2.05, 4.69) is 24.5 Å². The number of nitrogens with zero attached hydrogens (tertiary/aromatic N) is 1. The predicted molar refractivity (Wildman–Crippen MR) is 103 cm³/mol. The number of benzene rings is 1. The number of hydrogen-bond donors (Lipinski definition) is 2. The Morgan fingerprint density at radius 2 is 2.07 bits per heavy atom. The van der Waals surface area contributed by atoms with E-state index in [4.69, 9.17) is 4.74 Å². The molecule has 2 heterocycles. The van der Waals surface area contributed by atoms with Crippen LogP contribution >= 0.6 is 0 Å². The zero-order valence-electron chi connectivity index (χ0n) is 16.4. The molecule has 4 amide bonds. The minimum atomic E-state index is -1.14. The molecule has 28 heavy (non-hydrogen) atoms. The number of fused-ring (bicyclic) bond motifs is 2. The maximum absolute atomic E-state index is 13.2. The van der Waals surface area contributed by atoms with Gasteiger partial charge in [0.25, 0.3) is 5.91 Å². The van der Waals surface area contributed by atoms with Crippen LogP contribution in [0.3, 0.4) is 0 Å². The number of ether oxygens (including phenoxy) is 1. The molecule has 0 unspecified atom stereocenters. The fourth-order valence-corrected chi connectivity index (χ4v) is 4.70. The summed E-state index contributed by atoms with van der Waals surface area (Å²) in [6, 6.07) is 6.79. The molecule has 1 saturated carbocycles. The highest BCUT2D eigenvalue weighted by molar-refractivity contribution is 6.09. The Balaban J connectivity index is 1.49. The molecule has 7 nitrogen and oxygen atoms in total. The molecule has 150 valence electrons. The molecule has 1 spiro atoms. The second-order valence-corrected chi connectivity index (χ2v) is 8.26. The number of hydrogen-bond acceptors (Lipinski definition) is 4. The molecule has 4 rings (SSSR count). The van der Waals surface area contributed by atoms with Crippen LogP contribution in [-0.4, -0.2) is 41.9 Å². The SMILES string of the molecule is C[C@H]1[C@H](C)CCC[C@@H]1NC(=O)CN1C(=O)N[C@@]2(CCOc3ccccc32)C1=O. The van der Waals surface area contributed by atoms with Crippen LogP contribution in [0.1, 0.15) is 45.1 Å². The third kappa shape index (κ3) is 3.02. The van der Waals surface area contributed by atoms with E-state index in [0.717, 1.165) is 17.7 Å². The molecule has 0 radical (unpaired) electrons. The minimum Gasteiger partial charge on any atom is -0.493 e. The van der Waals surface area contributed by atoms with Crippen LogP contribution in [0.15, 0.2) is 24.3 Å². The van der Waals surface area contributed by atoms with Gasteiger partial charge in [-0.1, -0.05) is 44.9 Å². The summed E-state index contributed by atoms with van der Waals surface area (Å²) in [5, 5.41) is 5.87. The maximum atomic E-state index is 13.2.